The van der Waals surface area contributed by atoms with Crippen LogP contribution in [0.15, 0.2) is 0 Å². The molecule has 1 atom stereocenters. The van der Waals surface area contributed by atoms with Gasteiger partial charge in [-0.05, 0) is 31.5 Å². The van der Waals surface area contributed by atoms with E-state index in [9.17, 15) is 0 Å². The summed E-state index contributed by atoms with van der Waals surface area (Å²) in [5, 5.41) is 3.49. The van der Waals surface area contributed by atoms with Gasteiger partial charge in [0.15, 0.2) is 0 Å². The van der Waals surface area contributed by atoms with Crippen molar-refractivity contribution in [2.24, 2.45) is 5.41 Å². The smallest absolute Gasteiger partial charge is 0.0589 e. The van der Waals surface area contributed by atoms with Crippen LogP contribution in [-0.4, -0.2) is 75.9 Å². The molecule has 4 nitrogen and oxygen atoms in total. The zero-order valence-corrected chi connectivity index (χ0v) is 13.4. The van der Waals surface area contributed by atoms with Crippen LogP contribution in [0.5, 0.6) is 0 Å². The van der Waals surface area contributed by atoms with E-state index >= 15 is 0 Å². The number of ether oxygens (including phenoxy) is 1. The Hall–Kier alpha value is -0.160. The maximum atomic E-state index is 5.26. The second kappa shape index (κ2) is 8.90. The van der Waals surface area contributed by atoms with Crippen molar-refractivity contribution in [1.29, 1.82) is 0 Å². The monoisotopic (exact) mass is 271 g/mol. The zero-order chi connectivity index (χ0) is 14.1. The van der Waals surface area contributed by atoms with Crippen LogP contribution in [-0.2, 0) is 4.74 Å². The first-order valence-corrected chi connectivity index (χ1v) is 7.78. The van der Waals surface area contributed by atoms with E-state index in [-0.39, 0.29) is 0 Å². The standard InChI is InChI=1S/C15H33N3O/c1-5-17(6-2)9-10-18(11-12-19-4)14-15(3)7-8-16-13-15/h16H,5-14H2,1-4H3. The van der Waals surface area contributed by atoms with E-state index in [1.165, 1.54) is 26.1 Å². The van der Waals surface area contributed by atoms with Crippen LogP contribution >= 0.6 is 0 Å². The third kappa shape index (κ3) is 6.21. The fraction of sp³-hybridized carbons (Fsp3) is 1.00. The van der Waals surface area contributed by atoms with Gasteiger partial charge in [0.2, 0.25) is 0 Å². The molecule has 1 aliphatic heterocycles. The highest BCUT2D eigenvalue weighted by Gasteiger charge is 2.30. The van der Waals surface area contributed by atoms with Gasteiger partial charge in [0.25, 0.3) is 0 Å². The van der Waals surface area contributed by atoms with Crippen molar-refractivity contribution in [3.05, 3.63) is 0 Å². The predicted octanol–water partition coefficient (Wildman–Crippen LogP) is 1.28. The SMILES string of the molecule is CCN(CC)CCN(CCOC)CC1(C)CCNC1. The first kappa shape index (κ1) is 16.9. The van der Waals surface area contributed by atoms with Gasteiger partial charge in [-0.25, -0.2) is 0 Å². The molecule has 1 unspecified atom stereocenters. The number of nitrogens with one attached hydrogen (secondary N) is 1. The van der Waals surface area contributed by atoms with Crippen molar-refractivity contribution < 1.29 is 4.74 Å². The second-order valence-electron chi connectivity index (χ2n) is 6.03. The van der Waals surface area contributed by atoms with Crippen molar-refractivity contribution in [3.63, 3.8) is 0 Å². The molecule has 0 aliphatic carbocycles. The Morgan fingerprint density at radius 1 is 1.11 bits per heavy atom. The van der Waals surface area contributed by atoms with Gasteiger partial charge in [-0.15, -0.1) is 0 Å². The average molecular weight is 271 g/mol. The Kier molecular flexibility index (Phi) is 7.91. The number of rotatable bonds is 10. The highest BCUT2D eigenvalue weighted by Crippen LogP contribution is 2.25. The third-order valence-electron chi connectivity index (χ3n) is 4.30. The third-order valence-corrected chi connectivity index (χ3v) is 4.30. The Morgan fingerprint density at radius 2 is 1.79 bits per heavy atom. The zero-order valence-electron chi connectivity index (χ0n) is 13.4. The van der Waals surface area contributed by atoms with E-state index in [2.05, 4.69) is 35.9 Å². The lowest BCUT2D eigenvalue weighted by Gasteiger charge is -2.33. The van der Waals surface area contributed by atoms with Crippen LogP contribution in [0.2, 0.25) is 0 Å². The molecular weight excluding hydrogens is 238 g/mol. The fourth-order valence-corrected chi connectivity index (χ4v) is 2.86. The van der Waals surface area contributed by atoms with Crippen LogP contribution in [0.1, 0.15) is 27.2 Å². The molecule has 0 radical (unpaired) electrons. The molecule has 1 heterocycles. The molecule has 19 heavy (non-hydrogen) atoms. The Bertz CT molecular complexity index is 225. The molecule has 1 aliphatic rings. The van der Waals surface area contributed by atoms with Gasteiger partial charge in [0, 0.05) is 39.8 Å². The van der Waals surface area contributed by atoms with Crippen molar-refractivity contribution in [2.75, 3.05) is 66.1 Å². The Morgan fingerprint density at radius 3 is 2.32 bits per heavy atom. The van der Waals surface area contributed by atoms with Gasteiger partial charge in [-0.1, -0.05) is 20.8 Å². The summed E-state index contributed by atoms with van der Waals surface area (Å²) < 4.78 is 5.26. The molecule has 4 heteroatoms. The topological polar surface area (TPSA) is 27.7 Å². The van der Waals surface area contributed by atoms with E-state index in [4.69, 9.17) is 4.74 Å². The minimum Gasteiger partial charge on any atom is -0.383 e. The van der Waals surface area contributed by atoms with Gasteiger partial charge in [-0.2, -0.15) is 0 Å². The molecular formula is C15H33N3O. The Labute approximate surface area is 119 Å². The first-order chi connectivity index (χ1) is 9.13. The van der Waals surface area contributed by atoms with Crippen LogP contribution < -0.4 is 5.32 Å². The predicted molar refractivity (Wildman–Crippen MR) is 81.7 cm³/mol. The summed E-state index contributed by atoms with van der Waals surface area (Å²) >= 11 is 0. The molecule has 0 saturated carbocycles. The van der Waals surface area contributed by atoms with Gasteiger partial charge in [0.1, 0.15) is 0 Å². The molecule has 0 spiro atoms. The molecule has 0 aromatic heterocycles. The molecule has 1 saturated heterocycles. The highest BCUT2D eigenvalue weighted by atomic mass is 16.5. The first-order valence-electron chi connectivity index (χ1n) is 7.78. The number of likely N-dealkylation sites (N-methyl/N-ethyl adjacent to an activating group) is 1. The largest absolute Gasteiger partial charge is 0.383 e. The summed E-state index contributed by atoms with van der Waals surface area (Å²) in [5.41, 5.74) is 0.441. The van der Waals surface area contributed by atoms with E-state index in [1.807, 2.05) is 0 Å². The molecule has 114 valence electrons. The number of methoxy groups -OCH3 is 1. The summed E-state index contributed by atoms with van der Waals surface area (Å²) in [5.74, 6) is 0. The van der Waals surface area contributed by atoms with Gasteiger partial charge >= 0.3 is 0 Å². The lowest BCUT2D eigenvalue weighted by atomic mass is 9.89. The van der Waals surface area contributed by atoms with Crippen LogP contribution in [0.4, 0.5) is 0 Å². The quantitative estimate of drug-likeness (QED) is 0.648. The highest BCUT2D eigenvalue weighted by molar-refractivity contribution is 4.86. The lowest BCUT2D eigenvalue weighted by molar-refractivity contribution is 0.108. The molecule has 1 fully saturated rings. The minimum absolute atomic E-state index is 0.441. The lowest BCUT2D eigenvalue weighted by Crippen LogP contribution is -2.43. The molecule has 0 bridgehead atoms. The Balaban J connectivity index is 2.41. The van der Waals surface area contributed by atoms with Gasteiger partial charge in [0.05, 0.1) is 6.61 Å². The maximum Gasteiger partial charge on any atom is 0.0589 e. The van der Waals surface area contributed by atoms with Crippen LogP contribution in [0.25, 0.3) is 0 Å². The number of nitrogens with zero attached hydrogens (tertiary/aromatic N) is 2. The fourth-order valence-electron chi connectivity index (χ4n) is 2.86. The average Bonchev–Trinajstić information content (AvgIpc) is 2.83. The summed E-state index contributed by atoms with van der Waals surface area (Å²) in [4.78, 5) is 5.07. The van der Waals surface area contributed by atoms with Gasteiger partial charge in [-0.3, -0.25) is 4.90 Å². The van der Waals surface area contributed by atoms with Crippen LogP contribution in [0, 0.1) is 5.41 Å². The number of hydrogen-bond acceptors (Lipinski definition) is 4. The molecule has 0 amide bonds. The molecule has 1 N–H and O–H groups in total. The van der Waals surface area contributed by atoms with E-state index < -0.39 is 0 Å². The molecule has 0 aromatic carbocycles. The summed E-state index contributed by atoms with van der Waals surface area (Å²) in [6, 6.07) is 0. The van der Waals surface area contributed by atoms with Gasteiger partial charge < -0.3 is 15.0 Å². The second-order valence-corrected chi connectivity index (χ2v) is 6.03. The summed E-state index contributed by atoms with van der Waals surface area (Å²) in [6.07, 6.45) is 1.29. The van der Waals surface area contributed by atoms with Crippen molar-refractivity contribution in [2.45, 2.75) is 27.2 Å². The van der Waals surface area contributed by atoms with E-state index in [1.54, 1.807) is 7.11 Å². The van der Waals surface area contributed by atoms with Crippen molar-refractivity contribution in [3.8, 4) is 0 Å². The molecule has 0 aromatic rings. The van der Waals surface area contributed by atoms with Crippen molar-refractivity contribution in [1.82, 2.24) is 15.1 Å². The van der Waals surface area contributed by atoms with Crippen LogP contribution in [0.3, 0.4) is 0 Å². The van der Waals surface area contributed by atoms with Crippen molar-refractivity contribution >= 4 is 0 Å². The normalized spacial score (nSPS) is 23.7. The molecule has 1 rings (SSSR count). The summed E-state index contributed by atoms with van der Waals surface area (Å²) in [7, 11) is 1.79. The summed E-state index contributed by atoms with van der Waals surface area (Å²) in [6.45, 7) is 16.9. The maximum absolute atomic E-state index is 5.26. The van der Waals surface area contributed by atoms with E-state index in [0.717, 1.165) is 39.3 Å². The van der Waals surface area contributed by atoms with E-state index in [0.29, 0.717) is 5.41 Å². The minimum atomic E-state index is 0.441. The number of hydrogen-bond donors (Lipinski definition) is 1.